The van der Waals surface area contributed by atoms with Crippen LogP contribution in [0.5, 0.6) is 0 Å². The molecule has 0 bridgehead atoms. The van der Waals surface area contributed by atoms with Crippen LogP contribution in [0.2, 0.25) is 0 Å². The molecule has 1 saturated heterocycles. The van der Waals surface area contributed by atoms with E-state index in [1.165, 1.54) is 16.8 Å². The average molecular weight is 382 g/mol. The zero-order valence-electron chi connectivity index (χ0n) is 15.0. The first kappa shape index (κ1) is 19.1. The van der Waals surface area contributed by atoms with Crippen LogP contribution in [0.1, 0.15) is 42.6 Å². The number of carbonyl (C=O) groups is 1. The number of anilines is 1. The minimum Gasteiger partial charge on any atom is -0.477 e. The Bertz CT molecular complexity index is 741. The van der Waals surface area contributed by atoms with Crippen LogP contribution in [-0.2, 0) is 10.2 Å². The summed E-state index contributed by atoms with van der Waals surface area (Å²) >= 11 is 0. The van der Waals surface area contributed by atoms with E-state index in [0.717, 1.165) is 25.7 Å². The quantitative estimate of drug-likeness (QED) is 0.828. The van der Waals surface area contributed by atoms with E-state index in [1.807, 2.05) is 4.90 Å². The van der Waals surface area contributed by atoms with Crippen LogP contribution in [0, 0.1) is 0 Å². The van der Waals surface area contributed by atoms with E-state index < -0.39 is 16.2 Å². The van der Waals surface area contributed by atoms with Crippen LogP contribution in [-0.4, -0.2) is 72.4 Å². The molecule has 0 amide bonds. The highest BCUT2D eigenvalue weighted by atomic mass is 32.2. The number of carboxylic acid groups (broad SMARTS) is 1. The Balaban J connectivity index is 1.64. The van der Waals surface area contributed by atoms with Crippen LogP contribution < -0.4 is 4.90 Å². The summed E-state index contributed by atoms with van der Waals surface area (Å²) in [6.45, 7) is 1.73. The second-order valence-electron chi connectivity index (χ2n) is 6.89. The Morgan fingerprint density at radius 2 is 1.81 bits per heavy atom. The minimum absolute atomic E-state index is 0.00502. The Kier molecular flexibility index (Phi) is 5.79. The summed E-state index contributed by atoms with van der Waals surface area (Å²) in [5.41, 5.74) is -0.00502. The van der Waals surface area contributed by atoms with E-state index in [1.54, 1.807) is 23.5 Å². The van der Waals surface area contributed by atoms with E-state index in [2.05, 4.69) is 4.98 Å². The van der Waals surface area contributed by atoms with Crippen LogP contribution in [0.4, 0.5) is 5.82 Å². The Hall–Kier alpha value is -1.71. The second kappa shape index (κ2) is 7.89. The molecule has 1 N–H and O–H groups in total. The predicted octanol–water partition coefficient (Wildman–Crippen LogP) is 1.41. The summed E-state index contributed by atoms with van der Waals surface area (Å²) in [7, 11) is -1.77. The summed E-state index contributed by atoms with van der Waals surface area (Å²) in [6, 6.07) is 4.96. The number of piperazine rings is 1. The number of aromatic nitrogens is 1. The Labute approximate surface area is 154 Å². The van der Waals surface area contributed by atoms with Gasteiger partial charge >= 0.3 is 5.97 Å². The molecule has 0 unspecified atom stereocenters. The molecule has 0 atom stereocenters. The van der Waals surface area contributed by atoms with Gasteiger partial charge in [-0.2, -0.15) is 17.0 Å². The monoisotopic (exact) mass is 382 g/mol. The van der Waals surface area contributed by atoms with Gasteiger partial charge in [0, 0.05) is 39.3 Å². The van der Waals surface area contributed by atoms with Crippen molar-refractivity contribution in [3.8, 4) is 0 Å². The highest BCUT2D eigenvalue weighted by Gasteiger charge is 2.34. The van der Waals surface area contributed by atoms with Gasteiger partial charge in [0.05, 0.1) is 0 Å². The van der Waals surface area contributed by atoms with Gasteiger partial charge in [-0.1, -0.05) is 25.3 Å². The zero-order chi connectivity index (χ0) is 18.7. The van der Waals surface area contributed by atoms with Gasteiger partial charge in [0.25, 0.3) is 10.2 Å². The second-order valence-corrected chi connectivity index (χ2v) is 8.88. The van der Waals surface area contributed by atoms with E-state index in [9.17, 15) is 13.2 Å². The summed E-state index contributed by atoms with van der Waals surface area (Å²) in [5.74, 6) is -0.496. The smallest absolute Gasteiger partial charge is 0.354 e. The topological polar surface area (TPSA) is 94.1 Å². The number of rotatable bonds is 5. The molecule has 2 fully saturated rings. The molecule has 26 heavy (non-hydrogen) atoms. The molecule has 3 rings (SSSR count). The van der Waals surface area contributed by atoms with Gasteiger partial charge in [0.1, 0.15) is 5.82 Å². The third-order valence-corrected chi connectivity index (χ3v) is 7.34. The standard InChI is InChI=1S/C17H26N4O4S/c1-19(14-6-3-2-4-7-14)26(24,25)21-12-10-20(11-13-21)16-9-5-8-15(18-16)17(22)23/h5,8-9,14H,2-4,6-7,10-13H2,1H3,(H,22,23). The average Bonchev–Trinajstić information content (AvgIpc) is 2.68. The van der Waals surface area contributed by atoms with Gasteiger partial charge in [-0.25, -0.2) is 9.78 Å². The Morgan fingerprint density at radius 3 is 2.42 bits per heavy atom. The van der Waals surface area contributed by atoms with Crippen LogP contribution in [0.15, 0.2) is 18.2 Å². The molecule has 1 aromatic heterocycles. The summed E-state index contributed by atoms with van der Waals surface area (Å²) in [5, 5.41) is 9.07. The van der Waals surface area contributed by atoms with Crippen molar-refractivity contribution >= 4 is 22.0 Å². The van der Waals surface area contributed by atoms with Crippen molar-refractivity contribution in [3.05, 3.63) is 23.9 Å². The molecule has 9 heteroatoms. The van der Waals surface area contributed by atoms with Crippen LogP contribution in [0.25, 0.3) is 0 Å². The minimum atomic E-state index is -3.46. The highest BCUT2D eigenvalue weighted by Crippen LogP contribution is 2.25. The summed E-state index contributed by atoms with van der Waals surface area (Å²) in [4.78, 5) is 17.1. The van der Waals surface area contributed by atoms with Gasteiger partial charge < -0.3 is 10.0 Å². The maximum atomic E-state index is 12.9. The first-order valence-electron chi connectivity index (χ1n) is 9.08. The molecular weight excluding hydrogens is 356 g/mol. The molecule has 2 aliphatic rings. The first-order chi connectivity index (χ1) is 12.4. The molecule has 1 aliphatic carbocycles. The number of hydrogen-bond donors (Lipinski definition) is 1. The summed E-state index contributed by atoms with van der Waals surface area (Å²) in [6.07, 6.45) is 5.22. The fourth-order valence-electron chi connectivity index (χ4n) is 3.68. The van der Waals surface area contributed by atoms with E-state index in [-0.39, 0.29) is 11.7 Å². The first-order valence-corrected chi connectivity index (χ1v) is 10.5. The van der Waals surface area contributed by atoms with Crippen molar-refractivity contribution < 1.29 is 18.3 Å². The lowest BCUT2D eigenvalue weighted by Crippen LogP contribution is -2.54. The third-order valence-electron chi connectivity index (χ3n) is 5.30. The lowest BCUT2D eigenvalue weighted by atomic mass is 9.96. The zero-order valence-corrected chi connectivity index (χ0v) is 15.9. The molecule has 2 heterocycles. The van der Waals surface area contributed by atoms with Crippen molar-refractivity contribution in [3.63, 3.8) is 0 Å². The molecular formula is C17H26N4O4S. The van der Waals surface area contributed by atoms with Crippen molar-refractivity contribution in [1.29, 1.82) is 0 Å². The Morgan fingerprint density at radius 1 is 1.15 bits per heavy atom. The molecule has 1 saturated carbocycles. The van der Waals surface area contributed by atoms with Gasteiger partial charge in [-0.3, -0.25) is 0 Å². The van der Waals surface area contributed by atoms with Gasteiger partial charge in [0.15, 0.2) is 5.69 Å². The lowest BCUT2D eigenvalue weighted by Gasteiger charge is -2.39. The largest absolute Gasteiger partial charge is 0.477 e. The van der Waals surface area contributed by atoms with Crippen molar-refractivity contribution in [2.24, 2.45) is 0 Å². The van der Waals surface area contributed by atoms with Gasteiger partial charge in [-0.15, -0.1) is 0 Å². The molecule has 1 aromatic rings. The number of pyridine rings is 1. The maximum Gasteiger partial charge on any atom is 0.354 e. The number of hydrogen-bond acceptors (Lipinski definition) is 5. The molecule has 0 spiro atoms. The highest BCUT2D eigenvalue weighted by molar-refractivity contribution is 7.86. The van der Waals surface area contributed by atoms with Crippen LogP contribution in [0.3, 0.4) is 0 Å². The van der Waals surface area contributed by atoms with E-state index in [4.69, 9.17) is 5.11 Å². The van der Waals surface area contributed by atoms with E-state index >= 15 is 0 Å². The van der Waals surface area contributed by atoms with Gasteiger partial charge in [0.2, 0.25) is 0 Å². The fraction of sp³-hybridized carbons (Fsp3) is 0.647. The molecule has 144 valence electrons. The summed E-state index contributed by atoms with van der Waals surface area (Å²) < 4.78 is 28.9. The molecule has 8 nitrogen and oxygen atoms in total. The maximum absolute atomic E-state index is 12.9. The van der Waals surface area contributed by atoms with Crippen molar-refractivity contribution in [1.82, 2.24) is 13.6 Å². The predicted molar refractivity (Wildman–Crippen MR) is 98.5 cm³/mol. The van der Waals surface area contributed by atoms with Crippen molar-refractivity contribution in [2.75, 3.05) is 38.1 Å². The fourth-order valence-corrected chi connectivity index (χ4v) is 5.26. The third kappa shape index (κ3) is 3.99. The molecule has 0 aromatic carbocycles. The molecule has 1 aliphatic heterocycles. The van der Waals surface area contributed by atoms with E-state index in [0.29, 0.717) is 32.0 Å². The normalized spacial score (nSPS) is 20.5. The van der Waals surface area contributed by atoms with Gasteiger partial charge in [-0.05, 0) is 25.0 Å². The lowest BCUT2D eigenvalue weighted by molar-refractivity contribution is 0.0690. The molecule has 0 radical (unpaired) electrons. The van der Waals surface area contributed by atoms with Crippen molar-refractivity contribution in [2.45, 2.75) is 38.1 Å². The SMILES string of the molecule is CN(C1CCCCC1)S(=O)(=O)N1CCN(c2cccc(C(=O)O)n2)CC1. The number of aromatic carboxylic acids is 1. The number of nitrogens with zero attached hydrogens (tertiary/aromatic N) is 4. The van der Waals surface area contributed by atoms with Crippen LogP contribution >= 0.6 is 0 Å². The number of carboxylic acids is 1.